The normalized spacial score (nSPS) is 16.4. The van der Waals surface area contributed by atoms with Crippen molar-refractivity contribution >= 4 is 24.0 Å². The molecule has 0 aromatic heterocycles. The smallest absolute Gasteiger partial charge is 0.227 e. The van der Waals surface area contributed by atoms with Crippen LogP contribution in [0.2, 0.25) is 0 Å². The largest absolute Gasteiger partial charge is 0.323 e. The first-order valence-electron chi connectivity index (χ1n) is 5.54. The number of hydrogen-bond acceptors (Lipinski definition) is 2. The zero-order valence-electron chi connectivity index (χ0n) is 9.87. The van der Waals surface area contributed by atoms with Gasteiger partial charge in [0.2, 0.25) is 5.91 Å². The summed E-state index contributed by atoms with van der Waals surface area (Å²) in [5, 5.41) is 5.55. The Morgan fingerprint density at radius 1 is 1.44 bits per heavy atom. The molecule has 1 aliphatic heterocycles. The van der Waals surface area contributed by atoms with E-state index >= 15 is 0 Å². The first-order chi connectivity index (χ1) is 8.08. The minimum atomic E-state index is -0.753. The van der Waals surface area contributed by atoms with Crippen LogP contribution in [0.5, 0.6) is 0 Å². The highest BCUT2D eigenvalue weighted by Crippen LogP contribution is 2.20. The van der Waals surface area contributed by atoms with Gasteiger partial charge in [-0.05, 0) is 31.1 Å². The Hall–Kier alpha value is -1.20. The Morgan fingerprint density at radius 3 is 2.61 bits per heavy atom. The van der Waals surface area contributed by atoms with Gasteiger partial charge in [-0.1, -0.05) is 6.92 Å². The number of rotatable bonds is 3. The van der Waals surface area contributed by atoms with Crippen LogP contribution >= 0.6 is 12.4 Å². The van der Waals surface area contributed by atoms with Crippen LogP contribution in [0.1, 0.15) is 6.92 Å². The van der Waals surface area contributed by atoms with Crippen molar-refractivity contribution in [2.75, 3.05) is 18.4 Å². The fourth-order valence-corrected chi connectivity index (χ4v) is 1.72. The summed E-state index contributed by atoms with van der Waals surface area (Å²) in [5.74, 6) is -1.53. The molecule has 0 bridgehead atoms. The summed E-state index contributed by atoms with van der Waals surface area (Å²) >= 11 is 0. The number of carbonyl (C=O) groups is 1. The Labute approximate surface area is 110 Å². The summed E-state index contributed by atoms with van der Waals surface area (Å²) in [7, 11) is 0. The second-order valence-electron chi connectivity index (χ2n) is 4.32. The van der Waals surface area contributed by atoms with Gasteiger partial charge >= 0.3 is 0 Å². The highest BCUT2D eigenvalue weighted by atomic mass is 35.5. The van der Waals surface area contributed by atoms with E-state index in [2.05, 4.69) is 10.6 Å². The fourth-order valence-electron chi connectivity index (χ4n) is 1.72. The van der Waals surface area contributed by atoms with Gasteiger partial charge in [0.05, 0.1) is 5.69 Å². The average molecular weight is 277 g/mol. The van der Waals surface area contributed by atoms with Crippen LogP contribution in [0.3, 0.4) is 0 Å². The molecule has 100 valence electrons. The van der Waals surface area contributed by atoms with Crippen molar-refractivity contribution in [2.45, 2.75) is 6.92 Å². The molecule has 1 aromatic rings. The van der Waals surface area contributed by atoms with E-state index in [4.69, 9.17) is 0 Å². The van der Waals surface area contributed by atoms with Gasteiger partial charge in [0.1, 0.15) is 11.6 Å². The number of benzene rings is 1. The summed E-state index contributed by atoms with van der Waals surface area (Å²) in [4.78, 5) is 11.8. The molecule has 1 amide bonds. The molecule has 6 heteroatoms. The Balaban J connectivity index is 0.00000162. The summed E-state index contributed by atoms with van der Waals surface area (Å²) in [5.41, 5.74) is 0.0236. The molecule has 1 unspecified atom stereocenters. The summed E-state index contributed by atoms with van der Waals surface area (Å²) in [6.07, 6.45) is 0. The van der Waals surface area contributed by atoms with E-state index in [1.54, 1.807) is 0 Å². The van der Waals surface area contributed by atoms with Crippen molar-refractivity contribution in [3.8, 4) is 0 Å². The molecular formula is C12H15ClF2N2O. The van der Waals surface area contributed by atoms with Gasteiger partial charge in [0.15, 0.2) is 0 Å². The molecule has 1 fully saturated rings. The zero-order valence-corrected chi connectivity index (χ0v) is 10.7. The molecule has 1 heterocycles. The highest BCUT2D eigenvalue weighted by molar-refractivity contribution is 5.92. The van der Waals surface area contributed by atoms with Crippen LogP contribution in [0, 0.1) is 23.5 Å². The molecule has 0 radical (unpaired) electrons. The second-order valence-corrected chi connectivity index (χ2v) is 4.32. The monoisotopic (exact) mass is 276 g/mol. The lowest BCUT2D eigenvalue weighted by atomic mass is 9.88. The Morgan fingerprint density at radius 2 is 2.11 bits per heavy atom. The maximum atomic E-state index is 13.3. The van der Waals surface area contributed by atoms with Gasteiger partial charge in [-0.25, -0.2) is 8.78 Å². The van der Waals surface area contributed by atoms with Gasteiger partial charge in [0.25, 0.3) is 0 Å². The maximum Gasteiger partial charge on any atom is 0.227 e. The molecule has 0 spiro atoms. The second kappa shape index (κ2) is 6.11. The number of nitrogens with one attached hydrogen (secondary N) is 2. The van der Waals surface area contributed by atoms with E-state index in [1.807, 2.05) is 6.92 Å². The lowest BCUT2D eigenvalue weighted by Crippen LogP contribution is -2.48. The van der Waals surface area contributed by atoms with Crippen LogP contribution in [-0.2, 0) is 4.79 Å². The van der Waals surface area contributed by atoms with Crippen LogP contribution in [0.25, 0.3) is 0 Å². The minimum Gasteiger partial charge on any atom is -0.323 e. The van der Waals surface area contributed by atoms with E-state index in [-0.39, 0.29) is 29.9 Å². The highest BCUT2D eigenvalue weighted by Gasteiger charge is 2.28. The van der Waals surface area contributed by atoms with E-state index < -0.39 is 11.6 Å². The molecule has 3 nitrogen and oxygen atoms in total. The third-order valence-corrected chi connectivity index (χ3v) is 3.12. The van der Waals surface area contributed by atoms with E-state index in [9.17, 15) is 13.6 Å². The van der Waals surface area contributed by atoms with E-state index in [0.717, 1.165) is 25.2 Å². The number of halogens is 3. The maximum absolute atomic E-state index is 13.3. The molecular weight excluding hydrogens is 262 g/mol. The standard InChI is InChI=1S/C12H14F2N2O.ClH/c1-7(8-5-15-6-8)12(17)16-11-3-2-9(13)4-10(11)14;/h2-4,7-8,15H,5-6H2,1H3,(H,16,17);1H. The van der Waals surface area contributed by atoms with Crippen LogP contribution in [0.4, 0.5) is 14.5 Å². The van der Waals surface area contributed by atoms with Crippen molar-refractivity contribution < 1.29 is 13.6 Å². The molecule has 1 aliphatic rings. The summed E-state index contributed by atoms with van der Waals surface area (Å²) in [6, 6.07) is 3.10. The molecule has 2 rings (SSSR count). The van der Waals surface area contributed by atoms with Crippen LogP contribution < -0.4 is 10.6 Å². The van der Waals surface area contributed by atoms with Gasteiger partial charge in [-0.15, -0.1) is 12.4 Å². The van der Waals surface area contributed by atoms with Gasteiger partial charge in [-0.2, -0.15) is 0 Å². The predicted octanol–water partition coefficient (Wildman–Crippen LogP) is 2.18. The van der Waals surface area contributed by atoms with E-state index in [0.29, 0.717) is 5.92 Å². The van der Waals surface area contributed by atoms with Crippen molar-refractivity contribution in [1.82, 2.24) is 5.32 Å². The van der Waals surface area contributed by atoms with Crippen molar-refractivity contribution in [1.29, 1.82) is 0 Å². The lowest BCUT2D eigenvalue weighted by Gasteiger charge is -2.31. The SMILES string of the molecule is CC(C(=O)Nc1ccc(F)cc1F)C1CNC1.Cl. The molecule has 2 N–H and O–H groups in total. The van der Waals surface area contributed by atoms with E-state index in [1.165, 1.54) is 6.07 Å². The zero-order chi connectivity index (χ0) is 12.4. The first kappa shape index (κ1) is 14.9. The molecule has 18 heavy (non-hydrogen) atoms. The fraction of sp³-hybridized carbons (Fsp3) is 0.417. The molecule has 0 saturated carbocycles. The Kier molecular flexibility index (Phi) is 5.04. The molecule has 1 aromatic carbocycles. The van der Waals surface area contributed by atoms with Gasteiger partial charge in [0, 0.05) is 12.0 Å². The van der Waals surface area contributed by atoms with Crippen LogP contribution in [-0.4, -0.2) is 19.0 Å². The van der Waals surface area contributed by atoms with Crippen LogP contribution in [0.15, 0.2) is 18.2 Å². The molecule has 0 aliphatic carbocycles. The topological polar surface area (TPSA) is 41.1 Å². The third kappa shape index (κ3) is 3.17. The number of carbonyl (C=O) groups excluding carboxylic acids is 1. The average Bonchev–Trinajstić information content (AvgIpc) is 2.19. The first-order valence-corrected chi connectivity index (χ1v) is 5.54. The molecule has 1 saturated heterocycles. The molecule has 1 atom stereocenters. The number of amides is 1. The lowest BCUT2D eigenvalue weighted by molar-refractivity contribution is -0.121. The van der Waals surface area contributed by atoms with Crippen molar-refractivity contribution in [2.24, 2.45) is 11.8 Å². The van der Waals surface area contributed by atoms with Crippen molar-refractivity contribution in [3.63, 3.8) is 0 Å². The number of hydrogen-bond donors (Lipinski definition) is 2. The van der Waals surface area contributed by atoms with Gasteiger partial charge in [-0.3, -0.25) is 4.79 Å². The third-order valence-electron chi connectivity index (χ3n) is 3.12. The minimum absolute atomic E-state index is 0. The summed E-state index contributed by atoms with van der Waals surface area (Å²) < 4.78 is 26.0. The Bertz CT molecular complexity index is 438. The number of anilines is 1. The van der Waals surface area contributed by atoms with Gasteiger partial charge < -0.3 is 10.6 Å². The van der Waals surface area contributed by atoms with Crippen molar-refractivity contribution in [3.05, 3.63) is 29.8 Å². The quantitative estimate of drug-likeness (QED) is 0.888. The summed E-state index contributed by atoms with van der Waals surface area (Å²) in [6.45, 7) is 3.42. The predicted molar refractivity (Wildman–Crippen MR) is 67.8 cm³/mol.